The number of hydrogen-bond donors (Lipinski definition) is 1. The smallest absolute Gasteiger partial charge is 0.246 e. The average molecular weight is 276 g/mol. The van der Waals surface area contributed by atoms with Gasteiger partial charge in [0.05, 0.1) is 12.2 Å². The zero-order valence-electron chi connectivity index (χ0n) is 11.4. The topological polar surface area (TPSA) is 49.4 Å². The van der Waals surface area contributed by atoms with Crippen molar-refractivity contribution in [2.24, 2.45) is 0 Å². The Kier molecular flexibility index (Phi) is 4.17. The van der Waals surface area contributed by atoms with E-state index >= 15 is 0 Å². The number of amides is 2. The van der Waals surface area contributed by atoms with Gasteiger partial charge in [0.15, 0.2) is 0 Å². The number of carbonyl (C=O) groups excluding carboxylic acids is 2. The average Bonchev–Trinajstić information content (AvgIpc) is 3.24. The number of hydrogen-bond acceptors (Lipinski definition) is 2. The maximum absolute atomic E-state index is 13.8. The number of benzene rings is 1. The zero-order valence-corrected chi connectivity index (χ0v) is 11.4. The van der Waals surface area contributed by atoms with E-state index in [1.165, 1.54) is 18.0 Å². The lowest BCUT2D eigenvalue weighted by atomic mass is 10.1. The Hall–Kier alpha value is -2.17. The van der Waals surface area contributed by atoms with Crippen molar-refractivity contribution >= 4 is 17.5 Å². The summed E-state index contributed by atoms with van der Waals surface area (Å²) in [4.78, 5) is 24.2. The van der Waals surface area contributed by atoms with Crippen LogP contribution in [0.5, 0.6) is 0 Å². The lowest BCUT2D eigenvalue weighted by Crippen LogP contribution is -2.33. The summed E-state index contributed by atoms with van der Waals surface area (Å²) in [7, 11) is 1.48. The molecule has 0 unspecified atom stereocenters. The first-order valence-electron chi connectivity index (χ1n) is 6.48. The van der Waals surface area contributed by atoms with Gasteiger partial charge in [-0.2, -0.15) is 0 Å². The molecule has 0 aliphatic heterocycles. The van der Waals surface area contributed by atoms with Crippen molar-refractivity contribution in [1.82, 2.24) is 4.90 Å². The molecule has 0 heterocycles. The number of carbonyl (C=O) groups is 2. The van der Waals surface area contributed by atoms with Gasteiger partial charge in [0.25, 0.3) is 0 Å². The van der Waals surface area contributed by atoms with E-state index in [9.17, 15) is 14.0 Å². The largest absolute Gasteiger partial charge is 0.333 e. The Morgan fingerprint density at radius 3 is 2.75 bits per heavy atom. The van der Waals surface area contributed by atoms with E-state index in [0.717, 1.165) is 24.5 Å². The molecule has 0 spiro atoms. The summed E-state index contributed by atoms with van der Waals surface area (Å²) in [6.45, 7) is 3.19. The molecule has 1 aliphatic rings. The van der Waals surface area contributed by atoms with Gasteiger partial charge in [-0.25, -0.2) is 4.39 Å². The standard InChI is InChI=1S/C15H17FN2O2/c1-3-15(20)18(2)9-14(19)17-13-7-6-11(8-12(13)16)10-4-5-10/h3,6-8,10H,1,4-5,9H2,2H3,(H,17,19). The molecule has 4 nitrogen and oxygen atoms in total. The van der Waals surface area contributed by atoms with Gasteiger partial charge in [-0.05, 0) is 42.5 Å². The summed E-state index contributed by atoms with van der Waals surface area (Å²) < 4.78 is 13.8. The van der Waals surface area contributed by atoms with Crippen molar-refractivity contribution in [3.05, 3.63) is 42.2 Å². The van der Waals surface area contributed by atoms with Crippen molar-refractivity contribution in [3.8, 4) is 0 Å². The number of nitrogens with one attached hydrogen (secondary N) is 1. The van der Waals surface area contributed by atoms with Gasteiger partial charge in [0.1, 0.15) is 5.82 Å². The summed E-state index contributed by atoms with van der Waals surface area (Å²) in [5.41, 5.74) is 1.11. The summed E-state index contributed by atoms with van der Waals surface area (Å²) in [6.07, 6.45) is 3.32. The molecule has 0 saturated heterocycles. The first-order valence-corrected chi connectivity index (χ1v) is 6.48. The molecule has 5 heteroatoms. The summed E-state index contributed by atoms with van der Waals surface area (Å²) in [5, 5.41) is 2.46. The highest BCUT2D eigenvalue weighted by Gasteiger charge is 2.24. The predicted octanol–water partition coefficient (Wildman–Crippen LogP) is 2.29. The zero-order chi connectivity index (χ0) is 14.7. The first-order chi connectivity index (χ1) is 9.51. The number of halogens is 1. The van der Waals surface area contributed by atoms with Crippen LogP contribution in [0.1, 0.15) is 24.3 Å². The van der Waals surface area contributed by atoms with Crippen molar-refractivity contribution < 1.29 is 14.0 Å². The summed E-state index contributed by atoms with van der Waals surface area (Å²) >= 11 is 0. The van der Waals surface area contributed by atoms with E-state index in [2.05, 4.69) is 11.9 Å². The number of anilines is 1. The van der Waals surface area contributed by atoms with Crippen LogP contribution in [0.3, 0.4) is 0 Å². The molecular formula is C15H17FN2O2. The maximum atomic E-state index is 13.8. The van der Waals surface area contributed by atoms with Crippen LogP contribution in [0.25, 0.3) is 0 Å². The highest BCUT2D eigenvalue weighted by atomic mass is 19.1. The second-order valence-corrected chi connectivity index (χ2v) is 4.96. The van der Waals surface area contributed by atoms with Gasteiger partial charge in [-0.3, -0.25) is 9.59 Å². The molecular weight excluding hydrogens is 259 g/mol. The number of nitrogens with zero attached hydrogens (tertiary/aromatic N) is 1. The van der Waals surface area contributed by atoms with Crippen LogP contribution in [0.4, 0.5) is 10.1 Å². The van der Waals surface area contributed by atoms with E-state index in [1.807, 2.05) is 6.07 Å². The van der Waals surface area contributed by atoms with Crippen LogP contribution in [0, 0.1) is 5.82 Å². The quantitative estimate of drug-likeness (QED) is 0.839. The third-order valence-corrected chi connectivity index (χ3v) is 3.25. The van der Waals surface area contributed by atoms with Gasteiger partial charge >= 0.3 is 0 Å². The lowest BCUT2D eigenvalue weighted by molar-refractivity contribution is -0.129. The normalized spacial score (nSPS) is 13.7. The minimum atomic E-state index is -0.444. The van der Waals surface area contributed by atoms with E-state index in [1.54, 1.807) is 6.07 Å². The maximum Gasteiger partial charge on any atom is 0.246 e. The third-order valence-electron chi connectivity index (χ3n) is 3.25. The number of rotatable bonds is 5. The second kappa shape index (κ2) is 5.86. The highest BCUT2D eigenvalue weighted by Crippen LogP contribution is 2.40. The van der Waals surface area contributed by atoms with E-state index in [-0.39, 0.29) is 18.1 Å². The molecule has 0 bridgehead atoms. The highest BCUT2D eigenvalue weighted by molar-refractivity contribution is 5.96. The van der Waals surface area contributed by atoms with E-state index in [4.69, 9.17) is 0 Å². The lowest BCUT2D eigenvalue weighted by Gasteiger charge is -2.15. The fraction of sp³-hybridized carbons (Fsp3) is 0.333. The van der Waals surface area contributed by atoms with E-state index < -0.39 is 11.7 Å². The monoisotopic (exact) mass is 276 g/mol. The van der Waals surface area contributed by atoms with Gasteiger partial charge in [-0.15, -0.1) is 0 Å². The van der Waals surface area contributed by atoms with Crippen molar-refractivity contribution in [3.63, 3.8) is 0 Å². The fourth-order valence-corrected chi connectivity index (χ4v) is 1.94. The van der Waals surface area contributed by atoms with Crippen LogP contribution in [0.2, 0.25) is 0 Å². The minimum Gasteiger partial charge on any atom is -0.333 e. The first kappa shape index (κ1) is 14.2. The van der Waals surface area contributed by atoms with Crippen LogP contribution in [0.15, 0.2) is 30.9 Å². The molecule has 0 radical (unpaired) electrons. The van der Waals surface area contributed by atoms with Crippen molar-refractivity contribution in [2.75, 3.05) is 18.9 Å². The van der Waals surface area contributed by atoms with Gasteiger partial charge in [-0.1, -0.05) is 12.6 Å². The fourth-order valence-electron chi connectivity index (χ4n) is 1.94. The minimum absolute atomic E-state index is 0.138. The van der Waals surface area contributed by atoms with Gasteiger partial charge in [0.2, 0.25) is 11.8 Å². The molecule has 1 N–H and O–H groups in total. The van der Waals surface area contributed by atoms with Crippen LogP contribution in [-0.2, 0) is 9.59 Å². The van der Waals surface area contributed by atoms with Gasteiger partial charge in [0, 0.05) is 7.05 Å². The Labute approximate surface area is 117 Å². The molecule has 2 rings (SSSR count). The van der Waals surface area contributed by atoms with Crippen LogP contribution in [-0.4, -0.2) is 30.3 Å². The summed E-state index contributed by atoms with van der Waals surface area (Å²) in [6, 6.07) is 4.86. The Morgan fingerprint density at radius 1 is 1.50 bits per heavy atom. The summed E-state index contributed by atoms with van der Waals surface area (Å²) in [5.74, 6) is -0.781. The number of likely N-dealkylation sites (N-methyl/N-ethyl adjacent to an activating group) is 1. The Balaban J connectivity index is 1.97. The second-order valence-electron chi connectivity index (χ2n) is 4.96. The molecule has 0 atom stereocenters. The molecule has 1 fully saturated rings. The Bertz CT molecular complexity index is 553. The molecule has 20 heavy (non-hydrogen) atoms. The molecule has 1 saturated carbocycles. The van der Waals surface area contributed by atoms with E-state index in [0.29, 0.717) is 5.92 Å². The van der Waals surface area contributed by atoms with Crippen LogP contribution >= 0.6 is 0 Å². The third kappa shape index (κ3) is 3.44. The Morgan fingerprint density at radius 2 is 2.20 bits per heavy atom. The predicted molar refractivity (Wildman–Crippen MR) is 74.8 cm³/mol. The van der Waals surface area contributed by atoms with Crippen molar-refractivity contribution in [2.45, 2.75) is 18.8 Å². The molecule has 1 aliphatic carbocycles. The molecule has 1 aromatic carbocycles. The van der Waals surface area contributed by atoms with Crippen LogP contribution < -0.4 is 5.32 Å². The SMILES string of the molecule is C=CC(=O)N(C)CC(=O)Nc1ccc(C2CC2)cc1F. The molecule has 0 aromatic heterocycles. The molecule has 106 valence electrons. The molecule has 2 amide bonds. The molecule has 1 aromatic rings. The van der Waals surface area contributed by atoms with Gasteiger partial charge < -0.3 is 10.2 Å². The van der Waals surface area contributed by atoms with Crippen molar-refractivity contribution in [1.29, 1.82) is 0 Å².